The van der Waals surface area contributed by atoms with Gasteiger partial charge in [-0.2, -0.15) is 0 Å². The van der Waals surface area contributed by atoms with E-state index in [1.54, 1.807) is 24.8 Å². The van der Waals surface area contributed by atoms with Crippen LogP contribution in [0.2, 0.25) is 0 Å². The van der Waals surface area contributed by atoms with E-state index < -0.39 is 6.10 Å². The summed E-state index contributed by atoms with van der Waals surface area (Å²) in [5.74, 6) is 0.935. The molecule has 1 spiro atoms. The van der Waals surface area contributed by atoms with Gasteiger partial charge >= 0.3 is 0 Å². The third-order valence-corrected chi connectivity index (χ3v) is 6.64. The SMILES string of the molecule is C[C@H](NC(=O)C1CCN(c2ncnc3[nH]ccc23)CC12CC2)[C@@H](O)c1cccnc1. The second-order valence-corrected chi connectivity index (χ2v) is 8.59. The number of aromatic nitrogens is 4. The molecule has 0 aromatic carbocycles. The number of H-pyrrole nitrogens is 1. The van der Waals surface area contributed by atoms with Gasteiger partial charge in [-0.15, -0.1) is 0 Å². The highest BCUT2D eigenvalue weighted by Crippen LogP contribution is 2.56. The third-order valence-electron chi connectivity index (χ3n) is 6.64. The van der Waals surface area contributed by atoms with E-state index in [4.69, 9.17) is 0 Å². The summed E-state index contributed by atoms with van der Waals surface area (Å²) < 4.78 is 0. The number of piperidine rings is 1. The third kappa shape index (κ3) is 3.31. The number of nitrogens with zero attached hydrogens (tertiary/aromatic N) is 4. The van der Waals surface area contributed by atoms with Gasteiger partial charge in [0.1, 0.15) is 23.9 Å². The van der Waals surface area contributed by atoms with Crippen molar-refractivity contribution in [2.45, 2.75) is 38.3 Å². The first kappa shape index (κ1) is 19.0. The van der Waals surface area contributed by atoms with Gasteiger partial charge in [-0.25, -0.2) is 9.97 Å². The van der Waals surface area contributed by atoms with Crippen LogP contribution in [0.1, 0.15) is 37.9 Å². The van der Waals surface area contributed by atoms with Gasteiger partial charge in [0.15, 0.2) is 0 Å². The van der Waals surface area contributed by atoms with E-state index in [0.29, 0.717) is 5.56 Å². The maximum Gasteiger partial charge on any atom is 0.224 e. The molecule has 0 bridgehead atoms. The zero-order valence-electron chi connectivity index (χ0n) is 17.0. The highest BCUT2D eigenvalue weighted by molar-refractivity contribution is 5.87. The van der Waals surface area contributed by atoms with Gasteiger partial charge in [0.05, 0.1) is 11.4 Å². The van der Waals surface area contributed by atoms with Crippen molar-refractivity contribution in [3.8, 4) is 0 Å². The molecule has 1 saturated heterocycles. The number of aromatic amines is 1. The zero-order valence-corrected chi connectivity index (χ0v) is 17.0. The number of hydrogen-bond acceptors (Lipinski definition) is 6. The van der Waals surface area contributed by atoms with E-state index in [2.05, 4.69) is 30.2 Å². The fraction of sp³-hybridized carbons (Fsp3) is 0.455. The molecule has 1 unspecified atom stereocenters. The largest absolute Gasteiger partial charge is 0.386 e. The standard InChI is InChI=1S/C22H26N6O2/c1-14(18(29)15-3-2-8-23-11-15)27-21(30)17-5-10-28(12-22(17)6-7-22)20-16-4-9-24-19(16)25-13-26-20/h2-4,8-9,11,13-14,17-18,29H,5-7,10,12H2,1H3,(H,27,30)(H,24,25,26)/t14-,17?,18+/m0/s1. The molecule has 1 saturated carbocycles. The second-order valence-electron chi connectivity index (χ2n) is 8.59. The number of anilines is 1. The first-order valence-corrected chi connectivity index (χ1v) is 10.5. The molecule has 2 fully saturated rings. The van der Waals surface area contributed by atoms with Gasteiger partial charge in [-0.05, 0) is 43.7 Å². The average molecular weight is 406 g/mol. The predicted molar refractivity (Wildman–Crippen MR) is 113 cm³/mol. The Hall–Kier alpha value is -3.00. The van der Waals surface area contributed by atoms with E-state index in [-0.39, 0.29) is 23.3 Å². The van der Waals surface area contributed by atoms with Crippen LogP contribution in [0.25, 0.3) is 11.0 Å². The molecule has 3 N–H and O–H groups in total. The first-order chi connectivity index (χ1) is 14.6. The molecule has 3 aromatic rings. The number of pyridine rings is 1. The highest BCUT2D eigenvalue weighted by Gasteiger charge is 2.55. The van der Waals surface area contributed by atoms with Crippen molar-refractivity contribution in [2.75, 3.05) is 18.0 Å². The number of hydrogen-bond donors (Lipinski definition) is 3. The molecule has 1 aliphatic heterocycles. The maximum atomic E-state index is 13.1. The number of carbonyl (C=O) groups excluding carboxylic acids is 1. The van der Waals surface area contributed by atoms with Crippen molar-refractivity contribution in [2.24, 2.45) is 11.3 Å². The summed E-state index contributed by atoms with van der Waals surface area (Å²) in [7, 11) is 0. The molecule has 4 heterocycles. The number of amides is 1. The normalized spacial score (nSPS) is 22.1. The van der Waals surface area contributed by atoms with Gasteiger partial charge in [-0.3, -0.25) is 9.78 Å². The van der Waals surface area contributed by atoms with Crippen LogP contribution in [0.15, 0.2) is 43.1 Å². The molecule has 1 aliphatic carbocycles. The van der Waals surface area contributed by atoms with E-state index in [1.165, 1.54) is 0 Å². The van der Waals surface area contributed by atoms with Gasteiger partial charge in [0.2, 0.25) is 5.91 Å². The Kier molecular flexibility index (Phi) is 4.66. The van der Waals surface area contributed by atoms with Crippen molar-refractivity contribution < 1.29 is 9.90 Å². The lowest BCUT2D eigenvalue weighted by Crippen LogP contribution is -2.50. The summed E-state index contributed by atoms with van der Waals surface area (Å²) in [4.78, 5) is 31.4. The molecule has 5 rings (SSSR count). The van der Waals surface area contributed by atoms with Crippen molar-refractivity contribution in [1.82, 2.24) is 25.3 Å². The van der Waals surface area contributed by atoms with E-state index in [9.17, 15) is 9.90 Å². The van der Waals surface area contributed by atoms with E-state index >= 15 is 0 Å². The van der Waals surface area contributed by atoms with Gasteiger partial charge < -0.3 is 20.3 Å². The van der Waals surface area contributed by atoms with E-state index in [1.807, 2.05) is 25.3 Å². The van der Waals surface area contributed by atoms with Crippen LogP contribution in [0.4, 0.5) is 5.82 Å². The molecule has 30 heavy (non-hydrogen) atoms. The summed E-state index contributed by atoms with van der Waals surface area (Å²) in [6.45, 7) is 3.44. The molecule has 8 nitrogen and oxygen atoms in total. The van der Waals surface area contributed by atoms with Crippen molar-refractivity contribution >= 4 is 22.8 Å². The molecule has 2 aliphatic rings. The number of carbonyl (C=O) groups is 1. The highest BCUT2D eigenvalue weighted by atomic mass is 16.3. The van der Waals surface area contributed by atoms with Crippen molar-refractivity contribution in [3.05, 3.63) is 48.7 Å². The van der Waals surface area contributed by atoms with Gasteiger partial charge in [0, 0.05) is 43.2 Å². The lowest BCUT2D eigenvalue weighted by Gasteiger charge is -2.39. The molecule has 8 heteroatoms. The fourth-order valence-electron chi connectivity index (χ4n) is 4.77. The Balaban J connectivity index is 1.28. The summed E-state index contributed by atoms with van der Waals surface area (Å²) in [5, 5.41) is 14.6. The van der Waals surface area contributed by atoms with Crippen LogP contribution in [0, 0.1) is 11.3 Å². The van der Waals surface area contributed by atoms with E-state index in [0.717, 1.165) is 49.2 Å². The average Bonchev–Trinajstić information content (AvgIpc) is 3.34. The van der Waals surface area contributed by atoms with Crippen LogP contribution < -0.4 is 10.2 Å². The Morgan fingerprint density at radius 1 is 1.37 bits per heavy atom. The molecule has 3 aromatic heterocycles. The molecular formula is C22H26N6O2. The number of rotatable bonds is 5. The Morgan fingerprint density at radius 2 is 2.23 bits per heavy atom. The summed E-state index contributed by atoms with van der Waals surface area (Å²) >= 11 is 0. The van der Waals surface area contributed by atoms with Crippen molar-refractivity contribution in [3.63, 3.8) is 0 Å². The Labute approximate surface area is 174 Å². The van der Waals surface area contributed by atoms with Crippen LogP contribution in [0.3, 0.4) is 0 Å². The molecule has 1 amide bonds. The predicted octanol–water partition coefficient (Wildman–Crippen LogP) is 2.20. The quantitative estimate of drug-likeness (QED) is 0.600. The fourth-order valence-corrected chi connectivity index (χ4v) is 4.77. The Bertz CT molecular complexity index is 1050. The van der Waals surface area contributed by atoms with Crippen LogP contribution in [-0.4, -0.2) is 50.1 Å². The lowest BCUT2D eigenvalue weighted by molar-refractivity contribution is -0.129. The number of aliphatic hydroxyl groups is 1. The summed E-state index contributed by atoms with van der Waals surface area (Å²) in [6, 6.07) is 5.24. The minimum Gasteiger partial charge on any atom is -0.386 e. The maximum absolute atomic E-state index is 13.1. The minimum atomic E-state index is -0.777. The topological polar surface area (TPSA) is 107 Å². The van der Waals surface area contributed by atoms with Gasteiger partial charge in [-0.1, -0.05) is 6.07 Å². The van der Waals surface area contributed by atoms with Gasteiger partial charge in [0.25, 0.3) is 0 Å². The van der Waals surface area contributed by atoms with Crippen LogP contribution in [0.5, 0.6) is 0 Å². The molecule has 0 radical (unpaired) electrons. The number of nitrogens with one attached hydrogen (secondary N) is 2. The number of aliphatic hydroxyl groups excluding tert-OH is 1. The smallest absolute Gasteiger partial charge is 0.224 e. The Morgan fingerprint density at radius 3 is 3.00 bits per heavy atom. The molecule has 3 atom stereocenters. The summed E-state index contributed by atoms with van der Waals surface area (Å²) in [5.41, 5.74) is 1.54. The van der Waals surface area contributed by atoms with Crippen LogP contribution >= 0.6 is 0 Å². The summed E-state index contributed by atoms with van der Waals surface area (Å²) in [6.07, 6.45) is 8.86. The van der Waals surface area contributed by atoms with Crippen molar-refractivity contribution in [1.29, 1.82) is 0 Å². The first-order valence-electron chi connectivity index (χ1n) is 10.5. The zero-order chi connectivity index (χ0) is 20.7. The van der Waals surface area contributed by atoms with Crippen LogP contribution in [-0.2, 0) is 4.79 Å². The monoisotopic (exact) mass is 406 g/mol. The lowest BCUT2D eigenvalue weighted by atomic mass is 9.81. The number of fused-ring (bicyclic) bond motifs is 1. The second kappa shape index (κ2) is 7.36. The molecular weight excluding hydrogens is 380 g/mol. The minimum absolute atomic E-state index is 0.00507. The molecule has 156 valence electrons.